The lowest BCUT2D eigenvalue weighted by Crippen LogP contribution is -2.49. The molecule has 5 nitrogen and oxygen atoms in total. The van der Waals surface area contributed by atoms with E-state index in [0.29, 0.717) is 12.8 Å². The van der Waals surface area contributed by atoms with Crippen molar-refractivity contribution in [3.63, 3.8) is 0 Å². The second-order valence-corrected chi connectivity index (χ2v) is 6.12. The van der Waals surface area contributed by atoms with Crippen LogP contribution in [0.4, 0.5) is 0 Å². The summed E-state index contributed by atoms with van der Waals surface area (Å²) >= 11 is 0. The van der Waals surface area contributed by atoms with Crippen molar-refractivity contribution in [3.8, 4) is 0 Å². The molecule has 0 atom stereocenters. The molecular formula is C11H16N2O3S. The molecule has 0 saturated heterocycles. The van der Waals surface area contributed by atoms with E-state index in [1.54, 1.807) is 6.07 Å². The number of hydrogen-bond donors (Lipinski definition) is 2. The van der Waals surface area contributed by atoms with Gasteiger partial charge < -0.3 is 5.11 Å². The van der Waals surface area contributed by atoms with Crippen LogP contribution < -0.4 is 4.72 Å². The summed E-state index contributed by atoms with van der Waals surface area (Å²) in [6.07, 6.45) is 6.08. The molecule has 1 aromatic heterocycles. The van der Waals surface area contributed by atoms with Crippen molar-refractivity contribution in [3.05, 3.63) is 24.5 Å². The van der Waals surface area contributed by atoms with Gasteiger partial charge in [0, 0.05) is 12.4 Å². The highest BCUT2D eigenvalue weighted by atomic mass is 32.2. The summed E-state index contributed by atoms with van der Waals surface area (Å²) < 4.78 is 26.8. The number of nitrogens with zero attached hydrogens (tertiary/aromatic N) is 1. The topological polar surface area (TPSA) is 79.3 Å². The van der Waals surface area contributed by atoms with Gasteiger partial charge in [-0.3, -0.25) is 4.98 Å². The van der Waals surface area contributed by atoms with Crippen LogP contribution in [-0.2, 0) is 10.0 Å². The quantitative estimate of drug-likeness (QED) is 0.829. The molecule has 0 spiro atoms. The van der Waals surface area contributed by atoms with Crippen LogP contribution >= 0.6 is 0 Å². The SMILES string of the molecule is O=S(=O)(NC1(CO)CCCC1)c1cccnc1. The summed E-state index contributed by atoms with van der Waals surface area (Å²) in [6.45, 7) is -0.160. The van der Waals surface area contributed by atoms with Crippen molar-refractivity contribution in [2.24, 2.45) is 0 Å². The van der Waals surface area contributed by atoms with Crippen molar-refractivity contribution in [1.29, 1.82) is 0 Å². The van der Waals surface area contributed by atoms with E-state index >= 15 is 0 Å². The summed E-state index contributed by atoms with van der Waals surface area (Å²) in [4.78, 5) is 3.93. The molecule has 1 aromatic rings. The highest BCUT2D eigenvalue weighted by Gasteiger charge is 2.37. The number of hydrogen-bond acceptors (Lipinski definition) is 4. The first-order valence-corrected chi connectivity index (χ1v) is 7.11. The maximum atomic E-state index is 12.1. The van der Waals surface area contributed by atoms with Crippen LogP contribution in [0.15, 0.2) is 29.4 Å². The van der Waals surface area contributed by atoms with E-state index in [1.807, 2.05) is 0 Å². The highest BCUT2D eigenvalue weighted by Crippen LogP contribution is 2.30. The molecule has 1 heterocycles. The van der Waals surface area contributed by atoms with Gasteiger partial charge in [-0.15, -0.1) is 0 Å². The van der Waals surface area contributed by atoms with Gasteiger partial charge in [-0.25, -0.2) is 13.1 Å². The van der Waals surface area contributed by atoms with Crippen molar-refractivity contribution in [2.75, 3.05) is 6.61 Å². The molecule has 94 valence electrons. The average molecular weight is 256 g/mol. The Balaban J connectivity index is 2.23. The number of pyridine rings is 1. The lowest BCUT2D eigenvalue weighted by atomic mass is 10.0. The zero-order chi connectivity index (χ0) is 12.4. The first kappa shape index (κ1) is 12.5. The fourth-order valence-electron chi connectivity index (χ4n) is 2.19. The zero-order valence-corrected chi connectivity index (χ0v) is 10.3. The third-order valence-electron chi connectivity index (χ3n) is 3.16. The molecule has 17 heavy (non-hydrogen) atoms. The molecule has 2 N–H and O–H groups in total. The number of nitrogens with one attached hydrogen (secondary N) is 1. The Morgan fingerprint density at radius 1 is 1.41 bits per heavy atom. The first-order chi connectivity index (χ1) is 8.08. The van der Waals surface area contributed by atoms with Crippen molar-refractivity contribution in [2.45, 2.75) is 36.1 Å². The van der Waals surface area contributed by atoms with Gasteiger partial charge in [0.2, 0.25) is 10.0 Å². The van der Waals surface area contributed by atoms with Crippen LogP contribution in [0.2, 0.25) is 0 Å². The summed E-state index contributed by atoms with van der Waals surface area (Å²) in [7, 11) is -3.59. The molecule has 0 amide bonds. The van der Waals surface area contributed by atoms with E-state index in [1.165, 1.54) is 18.5 Å². The minimum absolute atomic E-state index is 0.139. The van der Waals surface area contributed by atoms with Crippen molar-refractivity contribution >= 4 is 10.0 Å². The molecule has 1 aliphatic carbocycles. The Morgan fingerprint density at radius 3 is 2.65 bits per heavy atom. The number of rotatable bonds is 4. The normalized spacial score (nSPS) is 19.4. The van der Waals surface area contributed by atoms with Gasteiger partial charge >= 0.3 is 0 Å². The van der Waals surface area contributed by atoms with E-state index in [9.17, 15) is 13.5 Å². The number of sulfonamides is 1. The van der Waals surface area contributed by atoms with Crippen LogP contribution in [0, 0.1) is 0 Å². The third kappa shape index (κ3) is 2.65. The van der Waals surface area contributed by atoms with E-state index < -0.39 is 15.6 Å². The second kappa shape index (κ2) is 4.72. The van der Waals surface area contributed by atoms with Crippen molar-refractivity contribution < 1.29 is 13.5 Å². The first-order valence-electron chi connectivity index (χ1n) is 5.63. The molecule has 1 fully saturated rings. The molecular weight excluding hydrogens is 240 g/mol. The fourth-order valence-corrected chi connectivity index (χ4v) is 3.61. The number of aliphatic hydroxyl groups excluding tert-OH is 1. The molecule has 6 heteroatoms. The Bertz CT molecular complexity index is 467. The van der Waals surface area contributed by atoms with Gasteiger partial charge in [0.15, 0.2) is 0 Å². The largest absolute Gasteiger partial charge is 0.394 e. The molecule has 0 unspecified atom stereocenters. The van der Waals surface area contributed by atoms with Gasteiger partial charge in [-0.2, -0.15) is 0 Å². The maximum Gasteiger partial charge on any atom is 0.242 e. The lowest BCUT2D eigenvalue weighted by molar-refractivity contribution is 0.185. The van der Waals surface area contributed by atoms with Gasteiger partial charge in [-0.05, 0) is 25.0 Å². The van der Waals surface area contributed by atoms with Crippen LogP contribution in [0.5, 0.6) is 0 Å². The Labute approximate surface area is 101 Å². The maximum absolute atomic E-state index is 12.1. The minimum Gasteiger partial charge on any atom is -0.394 e. The monoisotopic (exact) mass is 256 g/mol. The van der Waals surface area contributed by atoms with E-state index in [-0.39, 0.29) is 11.5 Å². The van der Waals surface area contributed by atoms with E-state index in [2.05, 4.69) is 9.71 Å². The molecule has 0 aromatic carbocycles. The molecule has 0 bridgehead atoms. The molecule has 2 rings (SSSR count). The predicted molar refractivity (Wildman–Crippen MR) is 62.8 cm³/mol. The fraction of sp³-hybridized carbons (Fsp3) is 0.545. The summed E-state index contributed by atoms with van der Waals surface area (Å²) in [5.74, 6) is 0. The van der Waals surface area contributed by atoms with Crippen LogP contribution in [0.3, 0.4) is 0 Å². The Kier molecular flexibility index (Phi) is 3.46. The highest BCUT2D eigenvalue weighted by molar-refractivity contribution is 7.89. The van der Waals surface area contributed by atoms with Crippen LogP contribution in [-0.4, -0.2) is 30.7 Å². The Morgan fingerprint density at radius 2 is 2.12 bits per heavy atom. The van der Waals surface area contributed by atoms with Crippen molar-refractivity contribution in [1.82, 2.24) is 9.71 Å². The standard InChI is InChI=1S/C11H16N2O3S/c14-9-11(5-1-2-6-11)13-17(15,16)10-4-3-7-12-8-10/h3-4,7-8,13-14H,1-2,5-6,9H2. The summed E-state index contributed by atoms with van der Waals surface area (Å²) in [6, 6.07) is 3.07. The summed E-state index contributed by atoms with van der Waals surface area (Å²) in [5.41, 5.74) is -0.686. The number of aliphatic hydroxyl groups is 1. The van der Waals surface area contributed by atoms with Crippen LogP contribution in [0.25, 0.3) is 0 Å². The van der Waals surface area contributed by atoms with Gasteiger partial charge in [-0.1, -0.05) is 12.8 Å². The van der Waals surface area contributed by atoms with E-state index in [4.69, 9.17) is 0 Å². The van der Waals surface area contributed by atoms with Gasteiger partial charge in [0.1, 0.15) is 4.90 Å². The molecule has 0 aliphatic heterocycles. The molecule has 0 radical (unpaired) electrons. The second-order valence-electron chi connectivity index (χ2n) is 4.44. The van der Waals surface area contributed by atoms with Gasteiger partial charge in [0.25, 0.3) is 0 Å². The van der Waals surface area contributed by atoms with Gasteiger partial charge in [0.05, 0.1) is 12.1 Å². The minimum atomic E-state index is -3.59. The van der Waals surface area contributed by atoms with Crippen LogP contribution in [0.1, 0.15) is 25.7 Å². The number of aromatic nitrogens is 1. The zero-order valence-electron chi connectivity index (χ0n) is 9.46. The average Bonchev–Trinajstić information content (AvgIpc) is 2.79. The molecule has 1 aliphatic rings. The predicted octanol–water partition coefficient (Wildman–Crippen LogP) is 0.665. The van der Waals surface area contributed by atoms with E-state index in [0.717, 1.165) is 12.8 Å². The third-order valence-corrected chi connectivity index (χ3v) is 4.72. The smallest absolute Gasteiger partial charge is 0.242 e. The lowest BCUT2D eigenvalue weighted by Gasteiger charge is -2.27. The Hall–Kier alpha value is -0.980. The summed E-state index contributed by atoms with van der Waals surface area (Å²) in [5, 5.41) is 9.38. The molecule has 1 saturated carbocycles.